The number of aliphatic hydroxyl groups excluding tert-OH is 1. The van der Waals surface area contributed by atoms with Crippen molar-refractivity contribution >= 4 is 11.7 Å². The van der Waals surface area contributed by atoms with Gasteiger partial charge in [-0.1, -0.05) is 0 Å². The van der Waals surface area contributed by atoms with Crippen LogP contribution in [-0.4, -0.2) is 35.1 Å². The lowest BCUT2D eigenvalue weighted by atomic mass is 10.0. The normalized spacial score (nSPS) is 11.4. The zero-order valence-corrected chi connectivity index (χ0v) is 11.7. The molecule has 0 unspecified atom stereocenters. The summed E-state index contributed by atoms with van der Waals surface area (Å²) in [7, 11) is 1.85. The summed E-state index contributed by atoms with van der Waals surface area (Å²) >= 11 is 0. The van der Waals surface area contributed by atoms with E-state index >= 15 is 0 Å². The van der Waals surface area contributed by atoms with Gasteiger partial charge in [-0.15, -0.1) is 0 Å². The molecule has 0 bridgehead atoms. The van der Waals surface area contributed by atoms with Crippen molar-refractivity contribution < 1.29 is 5.11 Å². The first kappa shape index (κ1) is 14.4. The molecule has 18 heavy (non-hydrogen) atoms. The predicted molar refractivity (Wildman–Crippen MR) is 74.3 cm³/mol. The molecule has 0 aromatic carbocycles. The maximum Gasteiger partial charge on any atom is 0.140 e. The molecular formula is C13H22N4O. The summed E-state index contributed by atoms with van der Waals surface area (Å²) in [6.07, 6.45) is 0. The Kier molecular flexibility index (Phi) is 3.96. The molecule has 1 aromatic rings. The minimum Gasteiger partial charge on any atom is -0.394 e. The molecule has 0 spiro atoms. The van der Waals surface area contributed by atoms with Crippen LogP contribution in [0.1, 0.15) is 30.7 Å². The molecule has 100 valence electrons. The summed E-state index contributed by atoms with van der Waals surface area (Å²) in [4.78, 5) is 6.33. The van der Waals surface area contributed by atoms with Gasteiger partial charge in [0.15, 0.2) is 0 Å². The standard InChI is InChI=1S/C13H22N4O/c1-8-6-9(2)16-12(10(8)11(14)15)17(5)13(3,4)7-18/h6,18H,7H2,1-5H3,(H3,14,15). The number of aromatic nitrogens is 1. The van der Waals surface area contributed by atoms with Crippen molar-refractivity contribution in [2.24, 2.45) is 5.73 Å². The Bertz CT molecular complexity index is 468. The highest BCUT2D eigenvalue weighted by Crippen LogP contribution is 2.26. The minimum absolute atomic E-state index is 0.00408. The van der Waals surface area contributed by atoms with Crippen molar-refractivity contribution in [3.05, 3.63) is 22.9 Å². The molecule has 1 heterocycles. The van der Waals surface area contributed by atoms with Crippen LogP contribution in [0.5, 0.6) is 0 Å². The fourth-order valence-electron chi connectivity index (χ4n) is 1.79. The molecule has 1 rings (SSSR count). The van der Waals surface area contributed by atoms with E-state index in [1.807, 2.05) is 45.7 Å². The van der Waals surface area contributed by atoms with Gasteiger partial charge in [0.1, 0.15) is 11.7 Å². The van der Waals surface area contributed by atoms with Crippen molar-refractivity contribution in [2.75, 3.05) is 18.6 Å². The van der Waals surface area contributed by atoms with E-state index in [0.29, 0.717) is 11.4 Å². The van der Waals surface area contributed by atoms with Crippen LogP contribution in [0.15, 0.2) is 6.07 Å². The summed E-state index contributed by atoms with van der Waals surface area (Å²) < 4.78 is 0. The number of nitrogen functional groups attached to an aromatic ring is 1. The van der Waals surface area contributed by atoms with Crippen LogP contribution in [0.3, 0.4) is 0 Å². The summed E-state index contributed by atoms with van der Waals surface area (Å²) in [6, 6.07) is 1.90. The molecule has 0 fully saturated rings. The Morgan fingerprint density at radius 1 is 1.50 bits per heavy atom. The molecule has 0 radical (unpaired) electrons. The van der Waals surface area contributed by atoms with E-state index in [0.717, 1.165) is 11.3 Å². The second-order valence-corrected chi connectivity index (χ2v) is 5.22. The average Bonchev–Trinajstić information content (AvgIpc) is 2.26. The summed E-state index contributed by atoms with van der Waals surface area (Å²) in [6.45, 7) is 7.64. The number of nitrogens with one attached hydrogen (secondary N) is 1. The molecule has 4 N–H and O–H groups in total. The number of aliphatic hydroxyl groups is 1. The summed E-state index contributed by atoms with van der Waals surface area (Å²) in [5, 5.41) is 17.1. The van der Waals surface area contributed by atoms with Crippen molar-refractivity contribution in [1.82, 2.24) is 4.98 Å². The Hall–Kier alpha value is -1.62. The van der Waals surface area contributed by atoms with Crippen LogP contribution in [-0.2, 0) is 0 Å². The van der Waals surface area contributed by atoms with E-state index < -0.39 is 5.54 Å². The smallest absolute Gasteiger partial charge is 0.140 e. The number of pyridine rings is 1. The number of rotatable bonds is 4. The maximum absolute atomic E-state index is 9.44. The Labute approximate surface area is 108 Å². The van der Waals surface area contributed by atoms with Gasteiger partial charge in [-0.3, -0.25) is 5.41 Å². The van der Waals surface area contributed by atoms with Crippen molar-refractivity contribution in [2.45, 2.75) is 33.2 Å². The zero-order valence-electron chi connectivity index (χ0n) is 11.7. The highest BCUT2D eigenvalue weighted by Gasteiger charge is 2.27. The van der Waals surface area contributed by atoms with Gasteiger partial charge in [0.05, 0.1) is 17.7 Å². The lowest BCUT2D eigenvalue weighted by Gasteiger charge is -2.36. The van der Waals surface area contributed by atoms with Crippen LogP contribution in [0.4, 0.5) is 5.82 Å². The third-order valence-corrected chi connectivity index (χ3v) is 3.21. The molecule has 5 nitrogen and oxygen atoms in total. The first-order valence-corrected chi connectivity index (χ1v) is 5.88. The highest BCUT2D eigenvalue weighted by atomic mass is 16.3. The number of hydrogen-bond donors (Lipinski definition) is 3. The molecule has 1 aromatic heterocycles. The minimum atomic E-state index is -0.461. The van der Waals surface area contributed by atoms with Gasteiger partial charge in [-0.25, -0.2) is 4.98 Å². The van der Waals surface area contributed by atoms with E-state index in [2.05, 4.69) is 4.98 Å². The van der Waals surface area contributed by atoms with E-state index in [9.17, 15) is 5.11 Å². The van der Waals surface area contributed by atoms with Crippen LogP contribution in [0, 0.1) is 19.3 Å². The fraction of sp³-hybridized carbons (Fsp3) is 0.538. The van der Waals surface area contributed by atoms with E-state index in [-0.39, 0.29) is 12.4 Å². The van der Waals surface area contributed by atoms with Crippen LogP contribution >= 0.6 is 0 Å². The zero-order chi connectivity index (χ0) is 14.1. The monoisotopic (exact) mass is 250 g/mol. The van der Waals surface area contributed by atoms with Gasteiger partial charge >= 0.3 is 0 Å². The Balaban J connectivity index is 3.44. The maximum atomic E-state index is 9.44. The first-order chi connectivity index (χ1) is 8.20. The number of nitrogens with two attached hydrogens (primary N) is 1. The highest BCUT2D eigenvalue weighted by molar-refractivity contribution is 6.01. The van der Waals surface area contributed by atoms with Gasteiger partial charge in [-0.05, 0) is 39.3 Å². The molecule has 0 amide bonds. The molecular weight excluding hydrogens is 228 g/mol. The third kappa shape index (κ3) is 2.61. The number of nitrogens with zero attached hydrogens (tertiary/aromatic N) is 2. The van der Waals surface area contributed by atoms with Crippen molar-refractivity contribution in [3.8, 4) is 0 Å². The third-order valence-electron chi connectivity index (χ3n) is 3.21. The number of likely N-dealkylation sites (N-methyl/N-ethyl adjacent to an activating group) is 1. The van der Waals surface area contributed by atoms with E-state index in [1.165, 1.54) is 0 Å². The molecule has 0 aliphatic rings. The second-order valence-electron chi connectivity index (χ2n) is 5.22. The summed E-state index contributed by atoms with van der Waals surface area (Å²) in [5.74, 6) is 0.634. The topological polar surface area (TPSA) is 86.2 Å². The molecule has 5 heteroatoms. The number of anilines is 1. The SMILES string of the molecule is Cc1cc(C)c(C(=N)N)c(N(C)C(C)(C)CO)n1. The van der Waals surface area contributed by atoms with Crippen LogP contribution in [0.25, 0.3) is 0 Å². The van der Waals surface area contributed by atoms with Gasteiger partial charge in [0.2, 0.25) is 0 Å². The lowest BCUT2D eigenvalue weighted by Crippen LogP contribution is -2.45. The van der Waals surface area contributed by atoms with Gasteiger partial charge in [0.25, 0.3) is 0 Å². The average molecular weight is 250 g/mol. The molecule has 0 atom stereocenters. The van der Waals surface area contributed by atoms with Crippen LogP contribution in [0.2, 0.25) is 0 Å². The quantitative estimate of drug-likeness (QED) is 0.553. The molecule has 0 saturated carbocycles. The number of amidine groups is 1. The number of hydrogen-bond acceptors (Lipinski definition) is 4. The largest absolute Gasteiger partial charge is 0.394 e. The summed E-state index contributed by atoms with van der Waals surface area (Å²) in [5.41, 5.74) is 7.60. The Morgan fingerprint density at radius 2 is 2.06 bits per heavy atom. The second kappa shape index (κ2) is 4.94. The fourth-order valence-corrected chi connectivity index (χ4v) is 1.79. The molecule has 0 saturated heterocycles. The predicted octanol–water partition coefficient (Wildman–Crippen LogP) is 1.19. The van der Waals surface area contributed by atoms with Crippen molar-refractivity contribution in [3.63, 3.8) is 0 Å². The van der Waals surface area contributed by atoms with Crippen LogP contribution < -0.4 is 10.6 Å². The molecule has 0 aliphatic heterocycles. The van der Waals surface area contributed by atoms with Gasteiger partial charge < -0.3 is 15.7 Å². The van der Waals surface area contributed by atoms with Crippen molar-refractivity contribution in [1.29, 1.82) is 5.41 Å². The first-order valence-electron chi connectivity index (χ1n) is 5.88. The van der Waals surface area contributed by atoms with E-state index in [1.54, 1.807) is 0 Å². The lowest BCUT2D eigenvalue weighted by molar-refractivity contribution is 0.215. The molecule has 0 aliphatic carbocycles. The van der Waals surface area contributed by atoms with E-state index in [4.69, 9.17) is 11.1 Å². The van der Waals surface area contributed by atoms with Gasteiger partial charge in [-0.2, -0.15) is 0 Å². The Morgan fingerprint density at radius 3 is 2.50 bits per heavy atom. The number of aryl methyl sites for hydroxylation is 2. The van der Waals surface area contributed by atoms with Gasteiger partial charge in [0, 0.05) is 12.7 Å².